The highest BCUT2D eigenvalue weighted by molar-refractivity contribution is 8.06. The molecule has 0 N–H and O–H groups in total. The summed E-state index contributed by atoms with van der Waals surface area (Å²) in [5.74, 6) is 0. The Labute approximate surface area is 69.2 Å². The summed E-state index contributed by atoms with van der Waals surface area (Å²) in [6.45, 7) is 2.60. The molecule has 1 rings (SSSR count). The minimum absolute atomic E-state index is 0.0345. The van der Waals surface area contributed by atoms with Gasteiger partial charge in [0.2, 0.25) is 0 Å². The average molecular weight is 178 g/mol. The summed E-state index contributed by atoms with van der Waals surface area (Å²) in [6.07, 6.45) is 1.61. The number of hydrogen-bond donors (Lipinski definition) is 1. The van der Waals surface area contributed by atoms with Crippen molar-refractivity contribution in [2.75, 3.05) is 19.8 Å². The molecule has 1 unspecified atom stereocenters. The second kappa shape index (κ2) is 5.18. The quantitative estimate of drug-likeness (QED) is 0.272. The van der Waals surface area contributed by atoms with Gasteiger partial charge in [-0.05, 0) is 6.42 Å². The molecule has 4 heteroatoms. The first kappa shape index (κ1) is 8.58. The van der Waals surface area contributed by atoms with E-state index in [1.54, 1.807) is 0 Å². The molecule has 0 bridgehead atoms. The van der Waals surface area contributed by atoms with Crippen LogP contribution in [0.2, 0.25) is 6.04 Å². The predicted octanol–water partition coefficient (Wildman–Crippen LogP) is 0.224. The largest absolute Gasteiger partial charge is 0.379 e. The molecule has 0 aromatic heterocycles. The summed E-state index contributed by atoms with van der Waals surface area (Å²) in [6, 6.07) is 1.29. The molecule has 0 amide bonds. The van der Waals surface area contributed by atoms with Crippen LogP contribution in [0.3, 0.4) is 0 Å². The van der Waals surface area contributed by atoms with Crippen molar-refractivity contribution in [3.8, 4) is 0 Å². The molecule has 0 aromatic rings. The number of ether oxygens (including phenoxy) is 2. The highest BCUT2D eigenvalue weighted by atomic mass is 32.3. The van der Waals surface area contributed by atoms with Gasteiger partial charge in [-0.25, -0.2) is 12.1 Å². The smallest absolute Gasteiger partial charge is 0.104 e. The molecule has 0 aliphatic carbocycles. The molecule has 1 fully saturated rings. The van der Waals surface area contributed by atoms with Crippen LogP contribution in [0.1, 0.15) is 6.42 Å². The molecular weight excluding hydrogens is 164 g/mol. The van der Waals surface area contributed by atoms with E-state index in [9.17, 15) is 0 Å². The zero-order chi connectivity index (χ0) is 7.23. The van der Waals surface area contributed by atoms with Gasteiger partial charge in [0.15, 0.2) is 0 Å². The molecule has 10 heavy (non-hydrogen) atoms. The lowest BCUT2D eigenvalue weighted by Crippen LogP contribution is -2.02. The third-order valence-electron chi connectivity index (χ3n) is 1.40. The number of thiol groups is 1. The fourth-order valence-corrected chi connectivity index (χ4v) is 1.79. The average Bonchev–Trinajstić information content (AvgIpc) is 2.71. The molecule has 1 heterocycles. The van der Waals surface area contributed by atoms with Gasteiger partial charge in [0, 0.05) is 6.61 Å². The Morgan fingerprint density at radius 2 is 2.50 bits per heavy atom. The molecule has 1 aliphatic heterocycles. The van der Waals surface area contributed by atoms with Crippen molar-refractivity contribution in [1.82, 2.24) is 0 Å². The molecule has 1 saturated heterocycles. The van der Waals surface area contributed by atoms with Gasteiger partial charge < -0.3 is 9.47 Å². The van der Waals surface area contributed by atoms with Crippen molar-refractivity contribution in [3.63, 3.8) is 0 Å². The highest BCUT2D eigenvalue weighted by Gasteiger charge is 2.21. The SMILES string of the molecule is S[SiH2]CCCOCC1CO1. The van der Waals surface area contributed by atoms with E-state index in [2.05, 4.69) is 12.1 Å². The van der Waals surface area contributed by atoms with Crippen molar-refractivity contribution >= 4 is 20.7 Å². The Hall–Kier alpha value is 0.487. The second-order valence-corrected chi connectivity index (χ2v) is 4.96. The van der Waals surface area contributed by atoms with Gasteiger partial charge in [0.25, 0.3) is 0 Å². The normalized spacial score (nSPS) is 24.3. The molecule has 0 spiro atoms. The van der Waals surface area contributed by atoms with E-state index in [0.717, 1.165) is 19.8 Å². The van der Waals surface area contributed by atoms with Crippen molar-refractivity contribution < 1.29 is 9.47 Å². The van der Waals surface area contributed by atoms with Gasteiger partial charge in [-0.2, -0.15) is 0 Å². The van der Waals surface area contributed by atoms with Crippen LogP contribution in [0.4, 0.5) is 0 Å². The maximum absolute atomic E-state index is 5.32. The van der Waals surface area contributed by atoms with Gasteiger partial charge in [0.05, 0.1) is 21.9 Å². The molecular formula is C6H14O2SSi. The Balaban J connectivity index is 1.68. The van der Waals surface area contributed by atoms with Gasteiger partial charge in [0.1, 0.15) is 6.10 Å². The van der Waals surface area contributed by atoms with Crippen LogP contribution in [0, 0.1) is 0 Å². The van der Waals surface area contributed by atoms with E-state index in [-0.39, 0.29) is 8.67 Å². The maximum atomic E-state index is 5.32. The topological polar surface area (TPSA) is 21.8 Å². The van der Waals surface area contributed by atoms with Crippen molar-refractivity contribution in [3.05, 3.63) is 0 Å². The summed E-state index contributed by atoms with van der Waals surface area (Å²) in [5, 5.41) is 0. The Bertz CT molecular complexity index is 87.8. The number of epoxide rings is 1. The van der Waals surface area contributed by atoms with Gasteiger partial charge in [-0.3, -0.25) is 0 Å². The fraction of sp³-hybridized carbons (Fsp3) is 1.00. The molecule has 0 saturated carbocycles. The van der Waals surface area contributed by atoms with Crippen molar-refractivity contribution in [2.45, 2.75) is 18.6 Å². The first-order chi connectivity index (χ1) is 4.93. The monoisotopic (exact) mass is 178 g/mol. The van der Waals surface area contributed by atoms with E-state index < -0.39 is 0 Å². The highest BCUT2D eigenvalue weighted by Crippen LogP contribution is 2.08. The number of rotatable bonds is 6. The molecule has 2 nitrogen and oxygen atoms in total. The minimum Gasteiger partial charge on any atom is -0.379 e. The minimum atomic E-state index is -0.0345. The maximum Gasteiger partial charge on any atom is 0.104 e. The van der Waals surface area contributed by atoms with Gasteiger partial charge in [-0.15, -0.1) is 0 Å². The van der Waals surface area contributed by atoms with Crippen LogP contribution in [-0.4, -0.2) is 34.6 Å². The summed E-state index contributed by atoms with van der Waals surface area (Å²) >= 11 is 4.23. The van der Waals surface area contributed by atoms with Crippen LogP contribution in [-0.2, 0) is 9.47 Å². The van der Waals surface area contributed by atoms with Gasteiger partial charge >= 0.3 is 0 Å². The zero-order valence-electron chi connectivity index (χ0n) is 6.08. The molecule has 1 aliphatic rings. The van der Waals surface area contributed by atoms with Crippen LogP contribution in [0.5, 0.6) is 0 Å². The Morgan fingerprint density at radius 1 is 1.70 bits per heavy atom. The summed E-state index contributed by atoms with van der Waals surface area (Å²) in [5.41, 5.74) is 0. The molecule has 60 valence electrons. The summed E-state index contributed by atoms with van der Waals surface area (Å²) in [7, 11) is -0.0345. The van der Waals surface area contributed by atoms with Gasteiger partial charge in [-0.1, -0.05) is 6.04 Å². The van der Waals surface area contributed by atoms with E-state index in [1.807, 2.05) is 0 Å². The van der Waals surface area contributed by atoms with E-state index in [4.69, 9.17) is 9.47 Å². The lowest BCUT2D eigenvalue weighted by atomic mass is 10.5. The van der Waals surface area contributed by atoms with Crippen LogP contribution < -0.4 is 0 Å². The first-order valence-corrected chi connectivity index (χ1v) is 7.26. The molecule has 0 radical (unpaired) electrons. The second-order valence-electron chi connectivity index (χ2n) is 2.46. The third-order valence-corrected chi connectivity index (χ3v) is 3.17. The molecule has 1 atom stereocenters. The molecule has 0 aromatic carbocycles. The number of hydrogen-bond acceptors (Lipinski definition) is 3. The summed E-state index contributed by atoms with van der Waals surface area (Å²) in [4.78, 5) is 0. The van der Waals surface area contributed by atoms with Crippen LogP contribution in [0.25, 0.3) is 0 Å². The summed E-state index contributed by atoms with van der Waals surface area (Å²) < 4.78 is 10.3. The zero-order valence-corrected chi connectivity index (χ0v) is 8.39. The standard InChI is InChI=1S/C6H14O2SSi/c9-10-3-1-2-7-4-6-5-8-6/h6,9H,1-5,10H2. The Kier molecular flexibility index (Phi) is 4.44. The van der Waals surface area contributed by atoms with E-state index in [1.165, 1.54) is 12.5 Å². The van der Waals surface area contributed by atoms with E-state index in [0.29, 0.717) is 6.10 Å². The lowest BCUT2D eigenvalue weighted by Gasteiger charge is -1.98. The van der Waals surface area contributed by atoms with Crippen LogP contribution in [0.15, 0.2) is 0 Å². The first-order valence-electron chi connectivity index (χ1n) is 3.73. The van der Waals surface area contributed by atoms with E-state index >= 15 is 0 Å². The predicted molar refractivity (Wildman–Crippen MR) is 47.5 cm³/mol. The third kappa shape index (κ3) is 4.33. The fourth-order valence-electron chi connectivity index (χ4n) is 0.695. The van der Waals surface area contributed by atoms with Crippen molar-refractivity contribution in [1.29, 1.82) is 0 Å². The Morgan fingerprint density at radius 3 is 3.10 bits per heavy atom. The van der Waals surface area contributed by atoms with Crippen LogP contribution >= 0.6 is 12.1 Å². The van der Waals surface area contributed by atoms with Crippen molar-refractivity contribution in [2.24, 2.45) is 0 Å². The lowest BCUT2D eigenvalue weighted by molar-refractivity contribution is 0.117.